The molecule has 0 aliphatic carbocycles. The second-order valence-electron chi connectivity index (χ2n) is 3.99. The monoisotopic (exact) mass is 244 g/mol. The average Bonchev–Trinajstić information content (AvgIpc) is 2.30. The van der Waals surface area contributed by atoms with E-state index in [1.165, 1.54) is 0 Å². The summed E-state index contributed by atoms with van der Waals surface area (Å²) in [6, 6.07) is -0.0336. The van der Waals surface area contributed by atoms with Gasteiger partial charge in [0.1, 0.15) is 0 Å². The van der Waals surface area contributed by atoms with Crippen molar-refractivity contribution in [1.29, 1.82) is 0 Å². The van der Waals surface area contributed by atoms with Gasteiger partial charge in [0, 0.05) is 26.2 Å². The quantitative estimate of drug-likeness (QED) is 0.787. The van der Waals surface area contributed by atoms with E-state index >= 15 is 0 Å². The Morgan fingerprint density at radius 3 is 2.59 bits per heavy atom. The van der Waals surface area contributed by atoms with Crippen LogP contribution in [0.3, 0.4) is 0 Å². The summed E-state index contributed by atoms with van der Waals surface area (Å²) in [6.07, 6.45) is -0.442. The Morgan fingerprint density at radius 2 is 2.06 bits per heavy atom. The molecule has 1 aliphatic rings. The van der Waals surface area contributed by atoms with Gasteiger partial charge in [-0.05, 0) is 13.8 Å². The van der Waals surface area contributed by atoms with Gasteiger partial charge in [-0.3, -0.25) is 4.79 Å². The van der Waals surface area contributed by atoms with Gasteiger partial charge in [0.2, 0.25) is 0 Å². The zero-order valence-electron chi connectivity index (χ0n) is 10.4. The highest BCUT2D eigenvalue weighted by Crippen LogP contribution is 2.11. The molecule has 1 unspecified atom stereocenters. The van der Waals surface area contributed by atoms with Crippen LogP contribution in [0.2, 0.25) is 0 Å². The zero-order chi connectivity index (χ0) is 12.8. The number of rotatable bonds is 4. The molecule has 1 saturated heterocycles. The zero-order valence-corrected chi connectivity index (χ0v) is 10.4. The second kappa shape index (κ2) is 6.44. The van der Waals surface area contributed by atoms with Crippen LogP contribution >= 0.6 is 0 Å². The number of ether oxygens (including phenoxy) is 1. The van der Waals surface area contributed by atoms with Crippen molar-refractivity contribution < 1.29 is 19.4 Å². The number of aliphatic carboxylic acids is 1. The van der Waals surface area contributed by atoms with E-state index in [1.807, 2.05) is 13.8 Å². The third kappa shape index (κ3) is 3.89. The molecule has 6 nitrogen and oxygen atoms in total. The molecule has 2 amide bonds. The second-order valence-corrected chi connectivity index (χ2v) is 3.99. The third-order valence-electron chi connectivity index (χ3n) is 2.85. The summed E-state index contributed by atoms with van der Waals surface area (Å²) in [7, 11) is 0. The molecule has 1 rings (SSSR count). The number of urea groups is 1. The molecule has 0 saturated carbocycles. The molecule has 6 heteroatoms. The smallest absolute Gasteiger partial charge is 0.320 e. The summed E-state index contributed by atoms with van der Waals surface area (Å²) in [4.78, 5) is 26.0. The number of morpholine rings is 1. The molecule has 0 aromatic carbocycles. The van der Waals surface area contributed by atoms with Gasteiger partial charge in [-0.15, -0.1) is 0 Å². The Balaban J connectivity index is 2.53. The Kier molecular flexibility index (Phi) is 5.21. The first kappa shape index (κ1) is 13.8. The highest BCUT2D eigenvalue weighted by atomic mass is 16.5. The molecule has 0 spiro atoms. The van der Waals surface area contributed by atoms with E-state index in [-0.39, 0.29) is 18.6 Å². The molecule has 1 atom stereocenters. The number of hydrogen-bond acceptors (Lipinski definition) is 3. The van der Waals surface area contributed by atoms with Gasteiger partial charge >= 0.3 is 12.0 Å². The lowest BCUT2D eigenvalue weighted by molar-refractivity contribution is -0.141. The lowest BCUT2D eigenvalue weighted by Crippen LogP contribution is -2.51. The number of carboxylic acids is 1. The first-order valence-electron chi connectivity index (χ1n) is 5.95. The van der Waals surface area contributed by atoms with Crippen LogP contribution in [0, 0.1) is 0 Å². The first-order chi connectivity index (χ1) is 8.08. The van der Waals surface area contributed by atoms with Crippen molar-refractivity contribution in [2.24, 2.45) is 0 Å². The van der Waals surface area contributed by atoms with E-state index in [4.69, 9.17) is 9.84 Å². The van der Waals surface area contributed by atoms with E-state index in [9.17, 15) is 9.59 Å². The van der Waals surface area contributed by atoms with Gasteiger partial charge in [0.25, 0.3) is 0 Å². The van der Waals surface area contributed by atoms with Crippen LogP contribution < -0.4 is 0 Å². The molecule has 0 aromatic heterocycles. The number of carbonyl (C=O) groups excluding carboxylic acids is 1. The molecule has 98 valence electrons. The summed E-state index contributed by atoms with van der Waals surface area (Å²) in [5.41, 5.74) is 0. The molecule has 1 heterocycles. The van der Waals surface area contributed by atoms with Crippen molar-refractivity contribution in [3.8, 4) is 0 Å². The number of carbonyl (C=O) groups is 2. The fraction of sp³-hybridized carbons (Fsp3) is 0.818. The van der Waals surface area contributed by atoms with E-state index in [1.54, 1.807) is 9.80 Å². The van der Waals surface area contributed by atoms with Gasteiger partial charge in [-0.2, -0.15) is 0 Å². The SMILES string of the molecule is CCN(CC)C(=O)N1CCOC(CC(=O)O)C1. The summed E-state index contributed by atoms with van der Waals surface area (Å²) in [6.45, 7) is 6.48. The van der Waals surface area contributed by atoms with Crippen LogP contribution in [0.5, 0.6) is 0 Å². The maximum Gasteiger partial charge on any atom is 0.320 e. The molecular weight excluding hydrogens is 224 g/mol. The summed E-state index contributed by atoms with van der Waals surface area (Å²) < 4.78 is 5.32. The average molecular weight is 244 g/mol. The van der Waals surface area contributed by atoms with E-state index in [2.05, 4.69) is 0 Å². The highest BCUT2D eigenvalue weighted by molar-refractivity contribution is 5.74. The minimum absolute atomic E-state index is 0.0336. The van der Waals surface area contributed by atoms with E-state index in [0.717, 1.165) is 0 Å². The van der Waals surface area contributed by atoms with Crippen molar-refractivity contribution in [2.45, 2.75) is 26.4 Å². The predicted octanol–water partition coefficient (Wildman–Crippen LogP) is 0.624. The fourth-order valence-electron chi connectivity index (χ4n) is 1.91. The molecule has 17 heavy (non-hydrogen) atoms. The lowest BCUT2D eigenvalue weighted by atomic mass is 10.2. The van der Waals surface area contributed by atoms with Crippen molar-refractivity contribution in [1.82, 2.24) is 9.80 Å². The van der Waals surface area contributed by atoms with Gasteiger partial charge < -0.3 is 19.6 Å². The maximum atomic E-state index is 12.0. The third-order valence-corrected chi connectivity index (χ3v) is 2.85. The van der Waals surface area contributed by atoms with Crippen LogP contribution in [-0.2, 0) is 9.53 Å². The Morgan fingerprint density at radius 1 is 1.41 bits per heavy atom. The van der Waals surface area contributed by atoms with E-state index < -0.39 is 5.97 Å². The minimum Gasteiger partial charge on any atom is -0.481 e. The summed E-state index contributed by atoms with van der Waals surface area (Å²) >= 11 is 0. The largest absolute Gasteiger partial charge is 0.481 e. The molecule has 1 fully saturated rings. The molecule has 1 N–H and O–H groups in total. The van der Waals surface area contributed by atoms with Crippen molar-refractivity contribution in [2.75, 3.05) is 32.8 Å². The summed E-state index contributed by atoms with van der Waals surface area (Å²) in [5, 5.41) is 8.70. The van der Waals surface area contributed by atoms with Crippen LogP contribution in [0.4, 0.5) is 4.79 Å². The van der Waals surface area contributed by atoms with Gasteiger partial charge in [-0.1, -0.05) is 0 Å². The van der Waals surface area contributed by atoms with Crippen LogP contribution in [0.25, 0.3) is 0 Å². The summed E-state index contributed by atoms with van der Waals surface area (Å²) in [5.74, 6) is -0.896. The van der Waals surface area contributed by atoms with Gasteiger partial charge in [0.05, 0.1) is 19.1 Å². The number of amides is 2. The molecule has 0 aromatic rings. The van der Waals surface area contributed by atoms with Gasteiger partial charge in [-0.25, -0.2) is 4.79 Å². The van der Waals surface area contributed by atoms with E-state index in [0.29, 0.717) is 32.8 Å². The predicted molar refractivity (Wildman–Crippen MR) is 61.9 cm³/mol. The molecular formula is C11H20N2O4. The van der Waals surface area contributed by atoms with Crippen LogP contribution in [0.1, 0.15) is 20.3 Å². The molecule has 0 radical (unpaired) electrons. The minimum atomic E-state index is -0.896. The van der Waals surface area contributed by atoms with Crippen molar-refractivity contribution >= 4 is 12.0 Å². The number of hydrogen-bond donors (Lipinski definition) is 1. The highest BCUT2D eigenvalue weighted by Gasteiger charge is 2.27. The topological polar surface area (TPSA) is 70.1 Å². The van der Waals surface area contributed by atoms with Crippen molar-refractivity contribution in [3.05, 3.63) is 0 Å². The molecule has 0 bridgehead atoms. The van der Waals surface area contributed by atoms with Gasteiger partial charge in [0.15, 0.2) is 0 Å². The Bertz CT molecular complexity index is 279. The Labute approximate surface area is 101 Å². The van der Waals surface area contributed by atoms with Crippen LogP contribution in [0.15, 0.2) is 0 Å². The normalized spacial score (nSPS) is 20.1. The lowest BCUT2D eigenvalue weighted by Gasteiger charge is -2.35. The van der Waals surface area contributed by atoms with Crippen LogP contribution in [-0.4, -0.2) is 65.8 Å². The maximum absolute atomic E-state index is 12.0. The van der Waals surface area contributed by atoms with Crippen molar-refractivity contribution in [3.63, 3.8) is 0 Å². The fourth-order valence-corrected chi connectivity index (χ4v) is 1.91. The number of carboxylic acid groups (broad SMARTS) is 1. The Hall–Kier alpha value is -1.30. The first-order valence-corrected chi connectivity index (χ1v) is 5.95. The molecule has 1 aliphatic heterocycles. The number of nitrogens with zero attached hydrogens (tertiary/aromatic N) is 2. The standard InChI is InChI=1S/C11H20N2O4/c1-3-12(4-2)11(16)13-5-6-17-9(8-13)7-10(14)15/h9H,3-8H2,1-2H3,(H,14,15).